The Bertz CT molecular complexity index is 2890. The van der Waals surface area contributed by atoms with E-state index in [-0.39, 0.29) is 48.2 Å². The van der Waals surface area contributed by atoms with Crippen LogP contribution in [0.4, 0.5) is 26.0 Å². The standard InChI is InChI=1S/C50H54F2N14O4/c1-2-70-46-12-3-31(20-55-46)24-64-38-26-63(27-39(64)30-69-29-38)44-10-4-32(21-54-44)47-48-33(19-53)22-57-66(48)28-43(59-47)34-23-56-65(25-34)37-7-5-36(6-8-37)61-13-15-62(16-14-61)49-40(51)17-35(18-41(49)52)58-42-9-11-45(67)60-50(42)68/h3-4,10,12,17-18,20-23,25,28,36-39,42,58H,2,5-9,11,13-16,24,26-27,29-30H2,1H3,(H,60,67,68). The van der Waals surface area contributed by atoms with Gasteiger partial charge in [0.05, 0.1) is 67.9 Å². The number of ether oxygens (including phenoxy) is 2. The topological polar surface area (TPSA) is 187 Å². The SMILES string of the molecule is CCOc1ccc(CN2C3COCC2CN(c2ccc(-c4nc(-c5cnn(C6CCC(N7CCN(c8c(F)cc(NC9CCC(=O)NC9=O)cc8F)CC7)CC6)c5)cn5ncc(C#N)c45)cn2)C3)cn1. The van der Waals surface area contributed by atoms with Crippen molar-refractivity contribution in [2.45, 2.75) is 82.2 Å². The van der Waals surface area contributed by atoms with E-state index in [1.54, 1.807) is 15.6 Å². The summed E-state index contributed by atoms with van der Waals surface area (Å²) in [5.41, 5.74) is 5.18. The number of rotatable bonds is 12. The Hall–Kier alpha value is -7.08. The summed E-state index contributed by atoms with van der Waals surface area (Å²) in [4.78, 5) is 47.3. The number of nitrogens with one attached hydrogen (secondary N) is 2. The molecule has 362 valence electrons. The Morgan fingerprint density at radius 1 is 0.843 bits per heavy atom. The summed E-state index contributed by atoms with van der Waals surface area (Å²) in [5, 5.41) is 24.6. The van der Waals surface area contributed by atoms with Crippen molar-refractivity contribution in [3.63, 3.8) is 0 Å². The molecular formula is C50H54F2N14O4. The molecule has 0 radical (unpaired) electrons. The summed E-state index contributed by atoms with van der Waals surface area (Å²) in [6, 6.07) is 13.0. The third-order valence-corrected chi connectivity index (χ3v) is 14.5. The van der Waals surface area contributed by atoms with Gasteiger partial charge in [0.1, 0.15) is 34.7 Å². The molecule has 6 aromatic rings. The molecular weight excluding hydrogens is 899 g/mol. The molecule has 9 heterocycles. The van der Waals surface area contributed by atoms with E-state index in [1.807, 2.05) is 60.8 Å². The van der Waals surface area contributed by atoms with Crippen LogP contribution in [0.5, 0.6) is 5.88 Å². The van der Waals surface area contributed by atoms with Gasteiger partial charge in [-0.1, -0.05) is 6.07 Å². The van der Waals surface area contributed by atoms with E-state index in [1.165, 1.54) is 12.1 Å². The fourth-order valence-electron chi connectivity index (χ4n) is 10.9. The molecule has 0 spiro atoms. The Morgan fingerprint density at radius 3 is 2.30 bits per heavy atom. The zero-order chi connectivity index (χ0) is 47.9. The van der Waals surface area contributed by atoms with E-state index in [9.17, 15) is 14.9 Å². The van der Waals surface area contributed by atoms with Gasteiger partial charge in [-0.25, -0.2) is 28.2 Å². The number of morpholine rings is 1. The lowest BCUT2D eigenvalue weighted by Crippen LogP contribution is -2.64. The maximum absolute atomic E-state index is 15.4. The molecule has 5 aliphatic rings. The van der Waals surface area contributed by atoms with Crippen LogP contribution >= 0.6 is 0 Å². The summed E-state index contributed by atoms with van der Waals surface area (Å²) in [5.74, 6) is -0.725. The van der Waals surface area contributed by atoms with Crippen LogP contribution in [-0.4, -0.2) is 139 Å². The van der Waals surface area contributed by atoms with Gasteiger partial charge in [-0.05, 0) is 68.9 Å². The highest BCUT2D eigenvalue weighted by molar-refractivity contribution is 6.01. The number of aromatic nitrogens is 7. The summed E-state index contributed by atoms with van der Waals surface area (Å²) >= 11 is 0. The average molecular weight is 953 g/mol. The van der Waals surface area contributed by atoms with E-state index in [4.69, 9.17) is 24.5 Å². The highest BCUT2D eigenvalue weighted by Crippen LogP contribution is 2.36. The van der Waals surface area contributed by atoms with E-state index >= 15 is 8.78 Å². The van der Waals surface area contributed by atoms with E-state index in [0.29, 0.717) is 80.4 Å². The van der Waals surface area contributed by atoms with Gasteiger partial charge in [0.25, 0.3) is 0 Å². The van der Waals surface area contributed by atoms with E-state index < -0.39 is 23.6 Å². The van der Waals surface area contributed by atoms with Gasteiger partial charge in [-0.3, -0.25) is 29.4 Å². The minimum atomic E-state index is -0.733. The number of piperazine rings is 2. The number of amides is 2. The van der Waals surface area contributed by atoms with Crippen molar-refractivity contribution in [2.24, 2.45) is 0 Å². The average Bonchev–Trinajstić information content (AvgIpc) is 4.04. The van der Waals surface area contributed by atoms with E-state index in [0.717, 1.165) is 67.8 Å². The second kappa shape index (κ2) is 19.4. The molecule has 11 rings (SSSR count). The molecule has 18 nitrogen and oxygen atoms in total. The van der Waals surface area contributed by atoms with Gasteiger partial charge >= 0.3 is 0 Å². The van der Waals surface area contributed by atoms with Crippen molar-refractivity contribution in [1.82, 2.24) is 49.5 Å². The maximum Gasteiger partial charge on any atom is 0.249 e. The monoisotopic (exact) mass is 952 g/mol. The molecule has 5 fully saturated rings. The van der Waals surface area contributed by atoms with Gasteiger partial charge < -0.3 is 24.6 Å². The quantitative estimate of drug-likeness (QED) is 0.152. The minimum Gasteiger partial charge on any atom is -0.478 e. The normalized spacial score (nSPS) is 23.3. The van der Waals surface area contributed by atoms with Crippen molar-refractivity contribution >= 4 is 34.5 Å². The lowest BCUT2D eigenvalue weighted by Gasteiger charge is -2.50. The van der Waals surface area contributed by atoms with Crippen molar-refractivity contribution in [1.29, 1.82) is 5.26 Å². The molecule has 2 amide bonds. The summed E-state index contributed by atoms with van der Waals surface area (Å²) in [6.07, 6.45) is 15.2. The number of nitriles is 1. The van der Waals surface area contributed by atoms with Crippen molar-refractivity contribution in [2.75, 3.05) is 74.2 Å². The highest BCUT2D eigenvalue weighted by atomic mass is 19.1. The number of hydrogen-bond acceptors (Lipinski definition) is 15. The third-order valence-electron chi connectivity index (χ3n) is 14.5. The second-order valence-corrected chi connectivity index (χ2v) is 18.8. The Balaban J connectivity index is 0.720. The second-order valence-electron chi connectivity index (χ2n) is 18.8. The largest absolute Gasteiger partial charge is 0.478 e. The molecule has 1 aliphatic carbocycles. The number of hydrogen-bond donors (Lipinski definition) is 2. The highest BCUT2D eigenvalue weighted by Gasteiger charge is 2.39. The molecule has 2 N–H and O–H groups in total. The predicted molar refractivity (Wildman–Crippen MR) is 255 cm³/mol. The maximum atomic E-state index is 15.4. The van der Waals surface area contributed by atoms with Gasteiger partial charge in [0.15, 0.2) is 11.6 Å². The molecule has 3 atom stereocenters. The van der Waals surface area contributed by atoms with Crippen LogP contribution < -0.4 is 25.2 Å². The number of anilines is 3. The van der Waals surface area contributed by atoms with Crippen molar-refractivity contribution in [3.05, 3.63) is 96.3 Å². The zero-order valence-corrected chi connectivity index (χ0v) is 38.9. The summed E-state index contributed by atoms with van der Waals surface area (Å²) < 4.78 is 46.1. The van der Waals surface area contributed by atoms with Gasteiger partial charge in [0, 0.05) is 99.7 Å². The smallest absolute Gasteiger partial charge is 0.249 e. The molecule has 20 heteroatoms. The van der Waals surface area contributed by atoms with Crippen LogP contribution in [0.25, 0.3) is 28.0 Å². The number of pyridine rings is 2. The molecule has 70 heavy (non-hydrogen) atoms. The molecule has 1 aromatic carbocycles. The summed E-state index contributed by atoms with van der Waals surface area (Å²) in [7, 11) is 0. The van der Waals surface area contributed by atoms with Crippen molar-refractivity contribution in [3.8, 4) is 34.5 Å². The van der Waals surface area contributed by atoms with Crippen LogP contribution in [0.3, 0.4) is 0 Å². The third kappa shape index (κ3) is 9.11. The number of carbonyl (C=O) groups excluding carboxylic acids is 2. The lowest BCUT2D eigenvalue weighted by molar-refractivity contribution is -0.133. The summed E-state index contributed by atoms with van der Waals surface area (Å²) in [6.45, 7) is 8.48. The Morgan fingerprint density at radius 2 is 1.61 bits per heavy atom. The molecule has 5 aromatic heterocycles. The first-order chi connectivity index (χ1) is 34.2. The number of benzene rings is 1. The molecule has 1 saturated carbocycles. The number of piperidine rings is 1. The molecule has 4 aliphatic heterocycles. The number of imide groups is 1. The van der Waals surface area contributed by atoms with Crippen LogP contribution in [0.2, 0.25) is 0 Å². The van der Waals surface area contributed by atoms with Crippen LogP contribution in [-0.2, 0) is 20.9 Å². The van der Waals surface area contributed by atoms with Crippen molar-refractivity contribution < 1.29 is 27.8 Å². The van der Waals surface area contributed by atoms with Crippen LogP contribution in [0, 0.1) is 23.0 Å². The predicted octanol–water partition coefficient (Wildman–Crippen LogP) is 5.21. The Kier molecular flexibility index (Phi) is 12.6. The zero-order valence-electron chi connectivity index (χ0n) is 38.9. The van der Waals surface area contributed by atoms with Crippen LogP contribution in [0.1, 0.15) is 62.6 Å². The fraction of sp³-hybridized carbons (Fsp3) is 0.440. The first-order valence-electron chi connectivity index (χ1n) is 24.2. The number of carbonyl (C=O) groups is 2. The molecule has 2 bridgehead atoms. The minimum absolute atomic E-state index is 0.0610. The molecule has 3 unspecified atom stereocenters. The van der Waals surface area contributed by atoms with Gasteiger partial charge in [0.2, 0.25) is 17.7 Å². The number of halogens is 2. The Labute approximate surface area is 403 Å². The van der Waals surface area contributed by atoms with E-state index in [2.05, 4.69) is 47.6 Å². The fourth-order valence-corrected chi connectivity index (χ4v) is 10.9. The first-order valence-corrected chi connectivity index (χ1v) is 24.2. The molecule has 4 saturated heterocycles. The van der Waals surface area contributed by atoms with Crippen LogP contribution in [0.15, 0.2) is 73.6 Å². The van der Waals surface area contributed by atoms with Gasteiger partial charge in [-0.2, -0.15) is 15.5 Å². The number of fused-ring (bicyclic) bond motifs is 3. The lowest BCUT2D eigenvalue weighted by atomic mass is 9.90. The van der Waals surface area contributed by atoms with Gasteiger partial charge in [-0.15, -0.1) is 0 Å². The number of nitrogens with zero attached hydrogens (tertiary/aromatic N) is 12. The first kappa shape index (κ1) is 45.4.